The first kappa shape index (κ1) is 12.4. The van der Waals surface area contributed by atoms with Crippen LogP contribution in [0.4, 0.5) is 0 Å². The molecular weight excluding hydrogens is 166 g/mol. The normalized spacial score (nSPS) is 10.9. The van der Waals surface area contributed by atoms with Crippen molar-refractivity contribution in [3.05, 3.63) is 0 Å². The average molecular weight is 187 g/mol. The number of amides is 1. The summed E-state index contributed by atoms with van der Waals surface area (Å²) in [5, 5.41) is 2.79. The zero-order chi connectivity index (χ0) is 10.3. The summed E-state index contributed by atoms with van der Waals surface area (Å²) >= 11 is 0. The Labute approximate surface area is 80.8 Å². The number of carbonyl (C=O) groups excluding carboxylic acids is 1. The molecular formula is C10H21NO2. The largest absolute Gasteiger partial charge is 0.379 e. The van der Waals surface area contributed by atoms with Gasteiger partial charge in [0.15, 0.2) is 0 Å². The quantitative estimate of drug-likeness (QED) is 0.639. The van der Waals surface area contributed by atoms with Gasteiger partial charge in [0.1, 0.15) is 0 Å². The third-order valence-corrected chi connectivity index (χ3v) is 1.52. The van der Waals surface area contributed by atoms with E-state index in [2.05, 4.69) is 19.2 Å². The van der Waals surface area contributed by atoms with Crippen LogP contribution in [0.15, 0.2) is 0 Å². The number of nitrogens with one attached hydrogen (secondary N) is 1. The van der Waals surface area contributed by atoms with Crippen LogP contribution in [0.5, 0.6) is 0 Å². The SMILES string of the molecule is CC(C)COCCNC(=O)C(C)C. The van der Waals surface area contributed by atoms with Gasteiger partial charge in [-0.2, -0.15) is 0 Å². The number of hydrogen-bond donors (Lipinski definition) is 1. The minimum absolute atomic E-state index is 0.0603. The van der Waals surface area contributed by atoms with Gasteiger partial charge in [0.25, 0.3) is 0 Å². The maximum absolute atomic E-state index is 11.1. The van der Waals surface area contributed by atoms with Crippen LogP contribution in [-0.4, -0.2) is 25.7 Å². The molecule has 0 rings (SSSR count). The molecule has 3 nitrogen and oxygen atoms in total. The lowest BCUT2D eigenvalue weighted by atomic mass is 10.2. The predicted octanol–water partition coefficient (Wildman–Crippen LogP) is 1.43. The van der Waals surface area contributed by atoms with Crippen molar-refractivity contribution in [3.8, 4) is 0 Å². The Bertz CT molecular complexity index is 144. The Kier molecular flexibility index (Phi) is 6.59. The molecule has 0 aromatic heterocycles. The molecule has 0 spiro atoms. The first-order valence-electron chi connectivity index (χ1n) is 4.89. The maximum Gasteiger partial charge on any atom is 0.222 e. The third-order valence-electron chi connectivity index (χ3n) is 1.52. The van der Waals surface area contributed by atoms with Crippen LogP contribution in [0.2, 0.25) is 0 Å². The van der Waals surface area contributed by atoms with E-state index < -0.39 is 0 Å². The molecule has 0 aliphatic heterocycles. The topological polar surface area (TPSA) is 38.3 Å². The lowest BCUT2D eigenvalue weighted by Gasteiger charge is -2.09. The summed E-state index contributed by atoms with van der Waals surface area (Å²) in [4.78, 5) is 11.1. The van der Waals surface area contributed by atoms with Crippen LogP contribution in [0, 0.1) is 11.8 Å². The van der Waals surface area contributed by atoms with E-state index >= 15 is 0 Å². The monoisotopic (exact) mass is 187 g/mol. The summed E-state index contributed by atoms with van der Waals surface area (Å²) in [6.07, 6.45) is 0. The molecule has 0 unspecified atom stereocenters. The Morgan fingerprint density at radius 1 is 1.31 bits per heavy atom. The van der Waals surface area contributed by atoms with Gasteiger partial charge in [0.05, 0.1) is 6.61 Å². The van der Waals surface area contributed by atoms with Crippen molar-refractivity contribution >= 4 is 5.91 Å². The molecule has 0 aliphatic rings. The minimum atomic E-state index is 0.0603. The van der Waals surface area contributed by atoms with Crippen LogP contribution in [0.1, 0.15) is 27.7 Å². The summed E-state index contributed by atoms with van der Waals surface area (Å²) in [5.41, 5.74) is 0. The molecule has 0 radical (unpaired) electrons. The fourth-order valence-electron chi connectivity index (χ4n) is 0.770. The molecule has 0 saturated carbocycles. The highest BCUT2D eigenvalue weighted by molar-refractivity contribution is 5.77. The predicted molar refractivity (Wildman–Crippen MR) is 53.5 cm³/mol. The molecule has 1 amide bonds. The summed E-state index contributed by atoms with van der Waals surface area (Å²) in [6, 6.07) is 0. The van der Waals surface area contributed by atoms with Gasteiger partial charge in [-0.05, 0) is 5.92 Å². The Balaban J connectivity index is 3.21. The third kappa shape index (κ3) is 7.78. The molecule has 0 bridgehead atoms. The highest BCUT2D eigenvalue weighted by atomic mass is 16.5. The van der Waals surface area contributed by atoms with Crippen molar-refractivity contribution < 1.29 is 9.53 Å². The van der Waals surface area contributed by atoms with Crippen molar-refractivity contribution in [1.29, 1.82) is 0 Å². The van der Waals surface area contributed by atoms with Crippen LogP contribution in [0.3, 0.4) is 0 Å². The van der Waals surface area contributed by atoms with Crippen LogP contribution in [0.25, 0.3) is 0 Å². The van der Waals surface area contributed by atoms with Gasteiger partial charge in [-0.1, -0.05) is 27.7 Å². The summed E-state index contributed by atoms with van der Waals surface area (Å²) in [7, 11) is 0. The molecule has 0 aromatic carbocycles. The molecule has 3 heteroatoms. The molecule has 0 aromatic rings. The second kappa shape index (κ2) is 6.89. The van der Waals surface area contributed by atoms with E-state index in [0.717, 1.165) is 6.61 Å². The Morgan fingerprint density at radius 2 is 1.92 bits per heavy atom. The van der Waals surface area contributed by atoms with E-state index in [1.165, 1.54) is 0 Å². The molecule has 0 saturated heterocycles. The molecule has 0 heterocycles. The number of carbonyl (C=O) groups is 1. The van der Waals surface area contributed by atoms with E-state index in [-0.39, 0.29) is 11.8 Å². The van der Waals surface area contributed by atoms with Gasteiger partial charge in [-0.15, -0.1) is 0 Å². The van der Waals surface area contributed by atoms with Gasteiger partial charge in [0, 0.05) is 19.1 Å². The summed E-state index contributed by atoms with van der Waals surface area (Å²) in [6.45, 7) is 9.95. The van der Waals surface area contributed by atoms with Crippen LogP contribution >= 0.6 is 0 Å². The van der Waals surface area contributed by atoms with Crippen LogP contribution in [-0.2, 0) is 9.53 Å². The van der Waals surface area contributed by atoms with Crippen molar-refractivity contribution in [1.82, 2.24) is 5.32 Å². The number of rotatable bonds is 6. The first-order valence-corrected chi connectivity index (χ1v) is 4.89. The summed E-state index contributed by atoms with van der Waals surface area (Å²) < 4.78 is 5.31. The van der Waals surface area contributed by atoms with Crippen LogP contribution < -0.4 is 5.32 Å². The van der Waals surface area contributed by atoms with E-state index in [1.54, 1.807) is 0 Å². The molecule has 0 aliphatic carbocycles. The van der Waals surface area contributed by atoms with Crippen molar-refractivity contribution in [2.24, 2.45) is 11.8 Å². The van der Waals surface area contributed by atoms with Gasteiger partial charge in [0.2, 0.25) is 5.91 Å². The van der Waals surface area contributed by atoms with Crippen molar-refractivity contribution in [2.75, 3.05) is 19.8 Å². The average Bonchev–Trinajstić information content (AvgIpc) is 2.02. The van der Waals surface area contributed by atoms with E-state index in [1.807, 2.05) is 13.8 Å². The lowest BCUT2D eigenvalue weighted by molar-refractivity contribution is -0.124. The number of hydrogen-bond acceptors (Lipinski definition) is 2. The highest BCUT2D eigenvalue weighted by Gasteiger charge is 2.04. The van der Waals surface area contributed by atoms with Gasteiger partial charge < -0.3 is 10.1 Å². The maximum atomic E-state index is 11.1. The first-order chi connectivity index (χ1) is 6.04. The fraction of sp³-hybridized carbons (Fsp3) is 0.900. The van der Waals surface area contributed by atoms with Crippen molar-refractivity contribution in [3.63, 3.8) is 0 Å². The standard InChI is InChI=1S/C10H21NO2/c1-8(2)7-13-6-5-11-10(12)9(3)4/h8-9H,5-7H2,1-4H3,(H,11,12). The van der Waals surface area contributed by atoms with Gasteiger partial charge in [-0.25, -0.2) is 0 Å². The second-order valence-corrected chi connectivity index (χ2v) is 3.91. The van der Waals surface area contributed by atoms with E-state index in [9.17, 15) is 4.79 Å². The molecule has 1 N–H and O–H groups in total. The Hall–Kier alpha value is -0.570. The lowest BCUT2D eigenvalue weighted by Crippen LogP contribution is -2.31. The zero-order valence-electron chi connectivity index (χ0n) is 9.09. The molecule has 13 heavy (non-hydrogen) atoms. The smallest absolute Gasteiger partial charge is 0.222 e. The van der Waals surface area contributed by atoms with E-state index in [4.69, 9.17) is 4.74 Å². The molecule has 0 atom stereocenters. The second-order valence-electron chi connectivity index (χ2n) is 3.91. The van der Waals surface area contributed by atoms with Gasteiger partial charge in [-0.3, -0.25) is 4.79 Å². The Morgan fingerprint density at radius 3 is 2.38 bits per heavy atom. The zero-order valence-corrected chi connectivity index (χ0v) is 9.09. The highest BCUT2D eigenvalue weighted by Crippen LogP contribution is 1.92. The minimum Gasteiger partial charge on any atom is -0.379 e. The number of ether oxygens (including phenoxy) is 1. The van der Waals surface area contributed by atoms with Crippen molar-refractivity contribution in [2.45, 2.75) is 27.7 Å². The van der Waals surface area contributed by atoms with Gasteiger partial charge >= 0.3 is 0 Å². The molecule has 0 fully saturated rings. The fourth-order valence-corrected chi connectivity index (χ4v) is 0.770. The molecule has 78 valence electrons. The summed E-state index contributed by atoms with van der Waals surface area (Å²) in [5.74, 6) is 0.707. The van der Waals surface area contributed by atoms with E-state index in [0.29, 0.717) is 19.1 Å².